The van der Waals surface area contributed by atoms with E-state index in [1.165, 1.54) is 0 Å². The number of benzene rings is 1. The van der Waals surface area contributed by atoms with Gasteiger partial charge in [-0.2, -0.15) is 5.26 Å². The molecule has 0 saturated carbocycles. The van der Waals surface area contributed by atoms with Crippen LogP contribution in [0.4, 0.5) is 5.82 Å². The molecule has 0 amide bonds. The Morgan fingerprint density at radius 2 is 1.95 bits per heavy atom. The molecule has 0 fully saturated rings. The molecular formula is C15H14ClN3. The zero-order valence-electron chi connectivity index (χ0n) is 10.8. The number of halogens is 1. The number of rotatable bonds is 3. The summed E-state index contributed by atoms with van der Waals surface area (Å²) >= 11 is 6.09. The lowest BCUT2D eigenvalue weighted by Gasteiger charge is -2.12. The molecule has 1 aromatic carbocycles. The number of nitrogens with zero attached hydrogens (tertiary/aromatic N) is 2. The third-order valence-corrected chi connectivity index (χ3v) is 2.88. The molecule has 0 saturated heterocycles. The fraction of sp³-hybridized carbons (Fsp3) is 0.200. The highest BCUT2D eigenvalue weighted by molar-refractivity contribution is 6.31. The van der Waals surface area contributed by atoms with E-state index in [0.717, 1.165) is 11.1 Å². The minimum atomic E-state index is 0.229. The predicted octanol–water partition coefficient (Wildman–Crippen LogP) is 4.09. The van der Waals surface area contributed by atoms with Crippen LogP contribution in [0.5, 0.6) is 0 Å². The Bertz CT molecular complexity index is 615. The van der Waals surface area contributed by atoms with Gasteiger partial charge in [0, 0.05) is 11.6 Å². The van der Waals surface area contributed by atoms with E-state index in [1.54, 1.807) is 0 Å². The SMILES string of the molecule is CC(C)Nc1cc(-c2ccccc2)c(C#N)c(Cl)n1. The van der Waals surface area contributed by atoms with Gasteiger partial charge in [0.2, 0.25) is 0 Å². The first kappa shape index (κ1) is 13.4. The van der Waals surface area contributed by atoms with Crippen LogP contribution in [-0.2, 0) is 0 Å². The van der Waals surface area contributed by atoms with Gasteiger partial charge in [0.15, 0.2) is 0 Å². The summed E-state index contributed by atoms with van der Waals surface area (Å²) in [5.41, 5.74) is 2.16. The Labute approximate surface area is 117 Å². The molecular weight excluding hydrogens is 258 g/mol. The van der Waals surface area contributed by atoms with Crippen LogP contribution in [0, 0.1) is 11.3 Å². The molecule has 4 heteroatoms. The van der Waals surface area contributed by atoms with Crippen molar-refractivity contribution in [3.63, 3.8) is 0 Å². The lowest BCUT2D eigenvalue weighted by molar-refractivity contribution is 0.889. The van der Waals surface area contributed by atoms with Crippen molar-refractivity contribution in [2.75, 3.05) is 5.32 Å². The van der Waals surface area contributed by atoms with Crippen LogP contribution >= 0.6 is 11.6 Å². The van der Waals surface area contributed by atoms with Crippen molar-refractivity contribution < 1.29 is 0 Å². The normalized spacial score (nSPS) is 10.3. The summed E-state index contributed by atoms with van der Waals surface area (Å²) < 4.78 is 0. The smallest absolute Gasteiger partial charge is 0.149 e. The van der Waals surface area contributed by atoms with E-state index >= 15 is 0 Å². The van der Waals surface area contributed by atoms with Crippen LogP contribution in [-0.4, -0.2) is 11.0 Å². The Balaban J connectivity index is 2.58. The van der Waals surface area contributed by atoms with Crippen molar-refractivity contribution in [1.82, 2.24) is 4.98 Å². The van der Waals surface area contributed by atoms with Gasteiger partial charge in [-0.05, 0) is 25.5 Å². The van der Waals surface area contributed by atoms with E-state index in [9.17, 15) is 5.26 Å². The van der Waals surface area contributed by atoms with Crippen LogP contribution in [0.1, 0.15) is 19.4 Å². The number of nitriles is 1. The van der Waals surface area contributed by atoms with E-state index in [0.29, 0.717) is 11.4 Å². The maximum absolute atomic E-state index is 9.24. The quantitative estimate of drug-likeness (QED) is 0.855. The summed E-state index contributed by atoms with van der Waals surface area (Å²) in [7, 11) is 0. The van der Waals surface area contributed by atoms with Crippen LogP contribution in [0.15, 0.2) is 36.4 Å². The standard InChI is InChI=1S/C15H14ClN3/c1-10(2)18-14-8-12(11-6-4-3-5-7-11)13(9-17)15(16)19-14/h3-8,10H,1-2H3,(H,18,19). The number of anilines is 1. The average molecular weight is 272 g/mol. The largest absolute Gasteiger partial charge is 0.368 e. The van der Waals surface area contributed by atoms with Crippen LogP contribution in [0.25, 0.3) is 11.1 Å². The summed E-state index contributed by atoms with van der Waals surface area (Å²) in [6, 6.07) is 13.9. The zero-order valence-corrected chi connectivity index (χ0v) is 11.6. The van der Waals surface area contributed by atoms with E-state index in [4.69, 9.17) is 11.6 Å². The zero-order chi connectivity index (χ0) is 13.8. The van der Waals surface area contributed by atoms with Gasteiger partial charge >= 0.3 is 0 Å². The Hall–Kier alpha value is -2.05. The first-order chi connectivity index (χ1) is 9.11. The fourth-order valence-electron chi connectivity index (χ4n) is 1.84. The molecule has 1 heterocycles. The summed E-state index contributed by atoms with van der Waals surface area (Å²) in [6.45, 7) is 4.05. The molecule has 2 rings (SSSR count). The Morgan fingerprint density at radius 3 is 2.53 bits per heavy atom. The lowest BCUT2D eigenvalue weighted by atomic mass is 10.0. The number of hydrogen-bond acceptors (Lipinski definition) is 3. The van der Waals surface area contributed by atoms with Crippen LogP contribution in [0.2, 0.25) is 5.15 Å². The van der Waals surface area contributed by atoms with E-state index in [1.807, 2.05) is 50.2 Å². The third kappa shape index (κ3) is 3.04. The molecule has 0 bridgehead atoms. The molecule has 0 radical (unpaired) electrons. The Kier molecular flexibility index (Phi) is 4.03. The van der Waals surface area contributed by atoms with Crippen molar-refractivity contribution in [2.24, 2.45) is 0 Å². The molecule has 0 unspecified atom stereocenters. The summed E-state index contributed by atoms with van der Waals surface area (Å²) in [6.07, 6.45) is 0. The lowest BCUT2D eigenvalue weighted by Crippen LogP contribution is -2.11. The van der Waals surface area contributed by atoms with Gasteiger partial charge in [-0.3, -0.25) is 0 Å². The van der Waals surface area contributed by atoms with Gasteiger partial charge < -0.3 is 5.32 Å². The second kappa shape index (κ2) is 5.73. The van der Waals surface area contributed by atoms with Crippen molar-refractivity contribution in [1.29, 1.82) is 5.26 Å². The second-order valence-electron chi connectivity index (χ2n) is 4.50. The average Bonchev–Trinajstić information content (AvgIpc) is 2.38. The molecule has 3 nitrogen and oxygen atoms in total. The number of hydrogen-bond donors (Lipinski definition) is 1. The van der Waals surface area contributed by atoms with Gasteiger partial charge in [-0.25, -0.2) is 4.98 Å². The van der Waals surface area contributed by atoms with Gasteiger partial charge in [0.1, 0.15) is 17.0 Å². The van der Waals surface area contributed by atoms with E-state index in [-0.39, 0.29) is 11.2 Å². The van der Waals surface area contributed by atoms with Gasteiger partial charge in [0.25, 0.3) is 0 Å². The molecule has 0 atom stereocenters. The second-order valence-corrected chi connectivity index (χ2v) is 4.86. The third-order valence-electron chi connectivity index (χ3n) is 2.61. The molecule has 1 aromatic heterocycles. The number of nitrogens with one attached hydrogen (secondary N) is 1. The minimum Gasteiger partial charge on any atom is -0.368 e. The van der Waals surface area contributed by atoms with Crippen molar-refractivity contribution in [3.8, 4) is 17.2 Å². The highest BCUT2D eigenvalue weighted by Gasteiger charge is 2.12. The van der Waals surface area contributed by atoms with Crippen molar-refractivity contribution in [3.05, 3.63) is 47.1 Å². The first-order valence-corrected chi connectivity index (χ1v) is 6.42. The fourth-order valence-corrected chi connectivity index (χ4v) is 2.07. The Morgan fingerprint density at radius 1 is 1.26 bits per heavy atom. The van der Waals surface area contributed by atoms with Crippen LogP contribution < -0.4 is 5.32 Å². The summed E-state index contributed by atoms with van der Waals surface area (Å²) in [4.78, 5) is 4.20. The maximum atomic E-state index is 9.24. The molecule has 1 N–H and O–H groups in total. The highest BCUT2D eigenvalue weighted by atomic mass is 35.5. The monoisotopic (exact) mass is 271 g/mol. The summed E-state index contributed by atoms with van der Waals surface area (Å²) in [5.74, 6) is 0.679. The van der Waals surface area contributed by atoms with Gasteiger partial charge in [-0.1, -0.05) is 41.9 Å². The molecule has 0 aliphatic heterocycles. The number of pyridine rings is 1. The molecule has 19 heavy (non-hydrogen) atoms. The minimum absolute atomic E-state index is 0.229. The first-order valence-electron chi connectivity index (χ1n) is 6.04. The molecule has 2 aromatic rings. The van der Waals surface area contributed by atoms with Gasteiger partial charge in [0.05, 0.1) is 5.56 Å². The van der Waals surface area contributed by atoms with Crippen molar-refractivity contribution >= 4 is 17.4 Å². The highest BCUT2D eigenvalue weighted by Crippen LogP contribution is 2.30. The number of aromatic nitrogens is 1. The topological polar surface area (TPSA) is 48.7 Å². The maximum Gasteiger partial charge on any atom is 0.149 e. The predicted molar refractivity (Wildman–Crippen MR) is 78.2 cm³/mol. The molecule has 96 valence electrons. The van der Waals surface area contributed by atoms with E-state index < -0.39 is 0 Å². The van der Waals surface area contributed by atoms with Gasteiger partial charge in [-0.15, -0.1) is 0 Å². The molecule has 0 aliphatic carbocycles. The molecule has 0 spiro atoms. The van der Waals surface area contributed by atoms with Crippen LogP contribution in [0.3, 0.4) is 0 Å². The van der Waals surface area contributed by atoms with Crippen molar-refractivity contribution in [2.45, 2.75) is 19.9 Å². The molecule has 0 aliphatic rings. The van der Waals surface area contributed by atoms with E-state index in [2.05, 4.69) is 16.4 Å². The summed E-state index contributed by atoms with van der Waals surface area (Å²) in [5, 5.41) is 12.7.